The van der Waals surface area contributed by atoms with Crippen molar-refractivity contribution in [2.75, 3.05) is 5.32 Å². The molecule has 3 heteroatoms. The molecule has 0 fully saturated rings. The van der Waals surface area contributed by atoms with Crippen molar-refractivity contribution in [3.05, 3.63) is 72.9 Å². The highest BCUT2D eigenvalue weighted by Crippen LogP contribution is 2.18. The first-order chi connectivity index (χ1) is 9.42. The molecule has 0 saturated carbocycles. The molecule has 1 N–H and O–H groups in total. The van der Waals surface area contributed by atoms with Crippen molar-refractivity contribution in [2.24, 2.45) is 0 Å². The van der Waals surface area contributed by atoms with Crippen LogP contribution in [0, 0.1) is 0 Å². The standard InChI is InChI=1S/C16H13N3/c1-2-7-13(8-3-1)18-16-11-6-10-15(19-16)14-9-4-5-12-17-14/h1-12H,(H,18,19). The third-order valence-electron chi connectivity index (χ3n) is 2.72. The van der Waals surface area contributed by atoms with Crippen LogP contribution in [-0.4, -0.2) is 9.97 Å². The molecule has 2 heterocycles. The molecule has 0 aliphatic carbocycles. The third-order valence-corrected chi connectivity index (χ3v) is 2.72. The Balaban J connectivity index is 1.89. The highest BCUT2D eigenvalue weighted by molar-refractivity contribution is 5.61. The van der Waals surface area contributed by atoms with E-state index in [0.29, 0.717) is 0 Å². The van der Waals surface area contributed by atoms with Gasteiger partial charge in [0.05, 0.1) is 11.4 Å². The van der Waals surface area contributed by atoms with Crippen LogP contribution in [-0.2, 0) is 0 Å². The van der Waals surface area contributed by atoms with Crippen molar-refractivity contribution in [1.29, 1.82) is 0 Å². The Morgan fingerprint density at radius 3 is 2.26 bits per heavy atom. The lowest BCUT2D eigenvalue weighted by molar-refractivity contribution is 1.24. The molecule has 3 nitrogen and oxygen atoms in total. The number of nitrogens with one attached hydrogen (secondary N) is 1. The van der Waals surface area contributed by atoms with Gasteiger partial charge in [-0.25, -0.2) is 4.98 Å². The number of pyridine rings is 2. The van der Waals surface area contributed by atoms with E-state index in [1.165, 1.54) is 0 Å². The van der Waals surface area contributed by atoms with E-state index in [-0.39, 0.29) is 0 Å². The number of nitrogens with zero attached hydrogens (tertiary/aromatic N) is 2. The number of para-hydroxylation sites is 1. The fraction of sp³-hybridized carbons (Fsp3) is 0. The normalized spacial score (nSPS) is 10.1. The molecule has 0 amide bonds. The quantitative estimate of drug-likeness (QED) is 0.763. The summed E-state index contributed by atoms with van der Waals surface area (Å²) in [7, 11) is 0. The SMILES string of the molecule is c1ccc(Nc2cccc(-c3ccccn3)n2)cc1. The summed E-state index contributed by atoms with van der Waals surface area (Å²) >= 11 is 0. The number of rotatable bonds is 3. The zero-order valence-electron chi connectivity index (χ0n) is 10.3. The van der Waals surface area contributed by atoms with E-state index in [0.717, 1.165) is 22.9 Å². The predicted octanol–water partition coefficient (Wildman–Crippen LogP) is 3.89. The summed E-state index contributed by atoms with van der Waals surface area (Å²) in [5.41, 5.74) is 2.76. The minimum absolute atomic E-state index is 0.814. The minimum atomic E-state index is 0.814. The largest absolute Gasteiger partial charge is 0.340 e. The Labute approximate surface area is 112 Å². The van der Waals surface area contributed by atoms with Crippen molar-refractivity contribution in [3.63, 3.8) is 0 Å². The van der Waals surface area contributed by atoms with Gasteiger partial charge in [0.2, 0.25) is 0 Å². The first kappa shape index (κ1) is 11.4. The molecule has 0 bridgehead atoms. The zero-order valence-corrected chi connectivity index (χ0v) is 10.3. The highest BCUT2D eigenvalue weighted by Gasteiger charge is 2.01. The molecule has 0 spiro atoms. The van der Waals surface area contributed by atoms with Gasteiger partial charge in [-0.1, -0.05) is 30.3 Å². The average molecular weight is 247 g/mol. The number of aromatic nitrogens is 2. The van der Waals surface area contributed by atoms with Crippen molar-refractivity contribution in [1.82, 2.24) is 9.97 Å². The summed E-state index contributed by atoms with van der Waals surface area (Å²) in [6.07, 6.45) is 1.77. The van der Waals surface area contributed by atoms with Gasteiger partial charge in [-0.2, -0.15) is 0 Å². The van der Waals surface area contributed by atoms with Gasteiger partial charge in [-0.15, -0.1) is 0 Å². The lowest BCUT2D eigenvalue weighted by atomic mass is 10.2. The average Bonchev–Trinajstić information content (AvgIpc) is 2.49. The number of hydrogen-bond acceptors (Lipinski definition) is 3. The van der Waals surface area contributed by atoms with E-state index < -0.39 is 0 Å². The van der Waals surface area contributed by atoms with E-state index in [2.05, 4.69) is 15.3 Å². The van der Waals surface area contributed by atoms with Crippen LogP contribution in [0.15, 0.2) is 72.9 Å². The molecule has 0 saturated heterocycles. The van der Waals surface area contributed by atoms with Gasteiger partial charge in [0.15, 0.2) is 0 Å². The Hall–Kier alpha value is -2.68. The van der Waals surface area contributed by atoms with Crippen LogP contribution in [0.2, 0.25) is 0 Å². The number of anilines is 2. The second kappa shape index (κ2) is 5.31. The molecule has 0 atom stereocenters. The predicted molar refractivity (Wildman–Crippen MR) is 77.2 cm³/mol. The Kier molecular flexibility index (Phi) is 3.19. The topological polar surface area (TPSA) is 37.8 Å². The smallest absolute Gasteiger partial charge is 0.131 e. The van der Waals surface area contributed by atoms with Gasteiger partial charge in [0.1, 0.15) is 5.82 Å². The minimum Gasteiger partial charge on any atom is -0.340 e. The first-order valence-electron chi connectivity index (χ1n) is 6.12. The molecule has 1 aromatic carbocycles. The second-order valence-electron chi connectivity index (χ2n) is 4.11. The Bertz CT molecular complexity index is 651. The van der Waals surface area contributed by atoms with Crippen LogP contribution in [0.5, 0.6) is 0 Å². The summed E-state index contributed by atoms with van der Waals surface area (Å²) in [6, 6.07) is 21.7. The van der Waals surface area contributed by atoms with E-state index in [9.17, 15) is 0 Å². The van der Waals surface area contributed by atoms with Crippen molar-refractivity contribution in [3.8, 4) is 11.4 Å². The first-order valence-corrected chi connectivity index (χ1v) is 6.12. The van der Waals surface area contributed by atoms with Gasteiger partial charge >= 0.3 is 0 Å². The second-order valence-corrected chi connectivity index (χ2v) is 4.11. The lowest BCUT2D eigenvalue weighted by Gasteiger charge is -2.07. The molecule has 3 aromatic rings. The summed E-state index contributed by atoms with van der Waals surface area (Å²) < 4.78 is 0. The van der Waals surface area contributed by atoms with Crippen LogP contribution < -0.4 is 5.32 Å². The molecule has 0 radical (unpaired) electrons. The molecule has 0 aliphatic rings. The van der Waals surface area contributed by atoms with Crippen LogP contribution in [0.3, 0.4) is 0 Å². The fourth-order valence-corrected chi connectivity index (χ4v) is 1.83. The van der Waals surface area contributed by atoms with E-state index in [1.54, 1.807) is 6.20 Å². The molecule has 2 aromatic heterocycles. The Morgan fingerprint density at radius 2 is 1.47 bits per heavy atom. The van der Waals surface area contributed by atoms with Crippen molar-refractivity contribution >= 4 is 11.5 Å². The molecule has 3 rings (SSSR count). The summed E-state index contributed by atoms with van der Waals surface area (Å²) in [5.74, 6) is 0.814. The molecule has 0 aliphatic heterocycles. The van der Waals surface area contributed by atoms with Crippen LogP contribution in [0.1, 0.15) is 0 Å². The molecule has 92 valence electrons. The van der Waals surface area contributed by atoms with Gasteiger partial charge in [-0.3, -0.25) is 4.98 Å². The summed E-state index contributed by atoms with van der Waals surface area (Å²) in [5, 5.41) is 3.28. The van der Waals surface area contributed by atoms with Crippen molar-refractivity contribution in [2.45, 2.75) is 0 Å². The number of benzene rings is 1. The van der Waals surface area contributed by atoms with Crippen LogP contribution >= 0.6 is 0 Å². The van der Waals surface area contributed by atoms with Gasteiger partial charge < -0.3 is 5.32 Å². The maximum atomic E-state index is 4.56. The summed E-state index contributed by atoms with van der Waals surface area (Å²) in [4.78, 5) is 8.87. The van der Waals surface area contributed by atoms with Crippen LogP contribution in [0.25, 0.3) is 11.4 Å². The summed E-state index contributed by atoms with van der Waals surface area (Å²) in [6.45, 7) is 0. The Morgan fingerprint density at radius 1 is 0.684 bits per heavy atom. The van der Waals surface area contributed by atoms with Crippen molar-refractivity contribution < 1.29 is 0 Å². The third kappa shape index (κ3) is 2.77. The number of hydrogen-bond donors (Lipinski definition) is 1. The molecule has 19 heavy (non-hydrogen) atoms. The van der Waals surface area contributed by atoms with E-state index in [1.807, 2.05) is 66.7 Å². The zero-order chi connectivity index (χ0) is 12.9. The fourth-order valence-electron chi connectivity index (χ4n) is 1.83. The maximum absolute atomic E-state index is 4.56. The molecule has 0 unspecified atom stereocenters. The monoisotopic (exact) mass is 247 g/mol. The van der Waals surface area contributed by atoms with Gasteiger partial charge in [-0.05, 0) is 36.4 Å². The lowest BCUT2D eigenvalue weighted by Crippen LogP contribution is -1.95. The van der Waals surface area contributed by atoms with E-state index in [4.69, 9.17) is 0 Å². The maximum Gasteiger partial charge on any atom is 0.131 e. The molecular weight excluding hydrogens is 234 g/mol. The van der Waals surface area contributed by atoms with Gasteiger partial charge in [0, 0.05) is 11.9 Å². The highest BCUT2D eigenvalue weighted by atomic mass is 15.0. The van der Waals surface area contributed by atoms with E-state index >= 15 is 0 Å². The van der Waals surface area contributed by atoms with Gasteiger partial charge in [0.25, 0.3) is 0 Å². The molecular formula is C16H13N3. The van der Waals surface area contributed by atoms with Crippen LogP contribution in [0.4, 0.5) is 11.5 Å².